The second kappa shape index (κ2) is 883. The molecule has 0 saturated heterocycles. The second-order valence-corrected chi connectivity index (χ2v) is 0. The van der Waals surface area contributed by atoms with Crippen molar-refractivity contribution in [1.29, 1.82) is 0 Å². The van der Waals surface area contributed by atoms with Crippen LogP contribution >= 0.6 is 0 Å². The summed E-state index contributed by atoms with van der Waals surface area (Å²) in [7, 11) is 0. The highest BCUT2D eigenvalue weighted by Crippen LogP contribution is 0.422. The van der Waals surface area contributed by atoms with Crippen molar-refractivity contribution < 1.29 is 14.1 Å². The Morgan fingerprint density at radius 2 is 0.600 bits per heavy atom. The summed E-state index contributed by atoms with van der Waals surface area (Å²) in [5.74, 6) is 0. The highest BCUT2D eigenvalue weighted by atomic mass is 19.0. The van der Waals surface area contributed by atoms with Crippen LogP contribution in [0.1, 0.15) is 0 Å². The van der Waals surface area contributed by atoms with E-state index in [-0.39, 0.29) is 28.7 Å². The molecule has 0 spiro atoms. The molecule has 3 N–H and O–H groups in total. The molecule has 0 aliphatic rings. The summed E-state index contributed by atoms with van der Waals surface area (Å²) >= 11 is 0. The Morgan fingerprint density at radius 1 is 0.600 bits per heavy atom. The third-order valence-electron chi connectivity index (χ3n) is 0. The van der Waals surface area contributed by atoms with Crippen molar-refractivity contribution in [2.24, 2.45) is 0 Å². The van der Waals surface area contributed by atoms with Crippen LogP contribution in [0.2, 0.25) is 0 Å². The summed E-state index contributed by atoms with van der Waals surface area (Å²) < 4.78 is 0. The van der Waals surface area contributed by atoms with Crippen LogP contribution < -0.4 is 6.15 Å². The van der Waals surface area contributed by atoms with Gasteiger partial charge in [-0.05, 0) is 0 Å². The van der Waals surface area contributed by atoms with Gasteiger partial charge >= 0.3 is 0 Å². The molecule has 0 aromatic heterocycles. The molecule has 0 aliphatic heterocycles. The van der Waals surface area contributed by atoms with Crippen molar-refractivity contribution in [3.63, 3.8) is 0 Å². The predicted octanol–water partition coefficient (Wildman–Crippen LogP) is 0.239. The Kier molecular flexibility index (Phi) is 361000. The molecule has 35 valence electrons. The van der Waals surface area contributed by atoms with Gasteiger partial charge in [0.1, 0.15) is 0 Å². The first-order chi connectivity index (χ1) is 0. The Bertz CT molecular complexity index is 6.85. The summed E-state index contributed by atoms with van der Waals surface area (Å²) in [6.45, 7) is 0. The summed E-state index contributed by atoms with van der Waals surface area (Å²) in [5, 5.41) is 0. The number of hydrogen-bond acceptors (Lipinski definition) is 1. The second-order valence-electron chi connectivity index (χ2n) is 0. The number of halogens is 3. The van der Waals surface area contributed by atoms with Crippen molar-refractivity contribution in [3.05, 3.63) is 0 Å². The highest BCUT2D eigenvalue weighted by Gasteiger charge is 0.0000142. The molecule has 0 aromatic rings. The van der Waals surface area contributed by atoms with Gasteiger partial charge in [0, 0.05) is 8.41 Å². The molecule has 0 rings (SSSR count). The van der Waals surface area contributed by atoms with E-state index in [1.807, 2.05) is 0 Å². The van der Waals surface area contributed by atoms with Crippen molar-refractivity contribution in [2.45, 2.75) is 0 Å². The van der Waals surface area contributed by atoms with E-state index in [0.29, 0.717) is 0 Å². The van der Waals surface area contributed by atoms with E-state index in [4.69, 9.17) is 0 Å². The van der Waals surface area contributed by atoms with Gasteiger partial charge in [0.2, 0.25) is 0 Å². The summed E-state index contributed by atoms with van der Waals surface area (Å²) in [4.78, 5) is 0. The fourth-order valence-electron chi connectivity index (χ4n) is 0. The minimum atomic E-state index is 0. The molecule has 3 radical (unpaired) electrons. The normalized spacial score (nSPS) is 0. The quantitative estimate of drug-likeness (QED) is 0.423. The van der Waals surface area contributed by atoms with Crippen LogP contribution in [0.15, 0.2) is 0 Å². The molecule has 0 heterocycles. The fraction of sp³-hybridized carbons (Fsp3) is 0. The van der Waals surface area contributed by atoms with E-state index in [0.717, 1.165) is 0 Å². The van der Waals surface area contributed by atoms with Crippen molar-refractivity contribution >= 4 is 8.41 Å². The maximum absolute atomic E-state index is 0. The van der Waals surface area contributed by atoms with Crippen LogP contribution in [0.4, 0.5) is 14.1 Å². The van der Waals surface area contributed by atoms with Gasteiger partial charge in [0.15, 0.2) is 0 Å². The minimum absolute atomic E-state index is 0. The number of rotatable bonds is 0. The third kappa shape index (κ3) is 367. The van der Waals surface area contributed by atoms with Gasteiger partial charge in [-0.25, -0.2) is 0 Å². The number of hydrogen-bond donors (Lipinski definition) is 1. The third-order valence-corrected chi connectivity index (χ3v) is 0. The zero-order valence-corrected chi connectivity index (χ0v) is 2.51. The molecule has 0 fully saturated rings. The Morgan fingerprint density at radius 3 is 0.600 bits per heavy atom. The van der Waals surface area contributed by atoms with Gasteiger partial charge in [-0.3, -0.25) is 14.1 Å². The zero-order valence-electron chi connectivity index (χ0n) is 2.51. The molecular weight excluding hydrogens is 81.8 g/mol. The van der Waals surface area contributed by atoms with Gasteiger partial charge in [0.05, 0.1) is 0 Å². The minimum Gasteiger partial charge on any atom is -0.344 e. The molecule has 0 unspecified atom stereocenters. The lowest BCUT2D eigenvalue weighted by Crippen LogP contribution is -0.481. The van der Waals surface area contributed by atoms with Gasteiger partial charge in [-0.2, -0.15) is 0 Å². The molecule has 5 heavy (non-hydrogen) atoms. The Labute approximate surface area is 30.0 Å². The SMILES string of the molecule is F.F.F.N.[B]. The lowest BCUT2D eigenvalue weighted by atomic mass is 10.8. The van der Waals surface area contributed by atoms with Crippen LogP contribution in [-0.2, 0) is 0 Å². The lowest BCUT2D eigenvalue weighted by Gasteiger charge is -0.344. The monoisotopic (exact) mass is 88.1 g/mol. The van der Waals surface area contributed by atoms with Gasteiger partial charge in [0.25, 0.3) is 0 Å². The fourth-order valence-corrected chi connectivity index (χ4v) is 0. The summed E-state index contributed by atoms with van der Waals surface area (Å²) in [5.41, 5.74) is 0. The largest absolute Gasteiger partial charge is 0.344 e. The first-order valence-corrected chi connectivity index (χ1v) is 0. The molecule has 0 aromatic carbocycles. The van der Waals surface area contributed by atoms with E-state index >= 15 is 0 Å². The van der Waals surface area contributed by atoms with Gasteiger partial charge in [-0.15, -0.1) is 0 Å². The van der Waals surface area contributed by atoms with E-state index in [1.54, 1.807) is 0 Å². The lowest BCUT2D eigenvalue weighted by molar-refractivity contribution is 1.11. The zero-order chi connectivity index (χ0) is 0. The van der Waals surface area contributed by atoms with Crippen LogP contribution in [0.3, 0.4) is 0 Å². The average molecular weight is 87.9 g/mol. The Balaban J connectivity index is 0. The van der Waals surface area contributed by atoms with Crippen molar-refractivity contribution in [3.8, 4) is 0 Å². The first-order valence-electron chi connectivity index (χ1n) is 0. The standard InChI is InChI=1S/B.3FH.H3N/h;3*1H;1H3. The van der Waals surface area contributed by atoms with Crippen molar-refractivity contribution in [1.82, 2.24) is 6.15 Å². The van der Waals surface area contributed by atoms with Gasteiger partial charge < -0.3 is 6.15 Å². The van der Waals surface area contributed by atoms with E-state index < -0.39 is 0 Å². The molecule has 0 saturated carbocycles. The van der Waals surface area contributed by atoms with E-state index in [9.17, 15) is 0 Å². The molecular formula is H6BF3N. The maximum Gasteiger partial charge on any atom is 0 e. The van der Waals surface area contributed by atoms with Crippen LogP contribution in [-0.4, -0.2) is 8.41 Å². The van der Waals surface area contributed by atoms with Crippen molar-refractivity contribution in [2.75, 3.05) is 0 Å². The Hall–Kier alpha value is -0.185. The summed E-state index contributed by atoms with van der Waals surface area (Å²) in [6.07, 6.45) is 0. The molecule has 0 bridgehead atoms. The van der Waals surface area contributed by atoms with E-state index in [2.05, 4.69) is 0 Å². The topological polar surface area (TPSA) is 35.0 Å². The van der Waals surface area contributed by atoms with E-state index in [1.165, 1.54) is 0 Å². The highest BCUT2D eigenvalue weighted by molar-refractivity contribution is 5.75. The van der Waals surface area contributed by atoms with Crippen LogP contribution in [0.25, 0.3) is 0 Å². The van der Waals surface area contributed by atoms with Crippen LogP contribution in [0, 0.1) is 0 Å². The molecule has 5 heteroatoms. The smallest absolute Gasteiger partial charge is 0 e. The first kappa shape index (κ1) is 2050. The molecule has 0 atom stereocenters. The molecule has 1 nitrogen and oxygen atoms in total. The van der Waals surface area contributed by atoms with Crippen LogP contribution in [0.5, 0.6) is 0 Å². The predicted molar refractivity (Wildman–Crippen MR) is 18.3 cm³/mol. The molecule has 0 amide bonds. The maximum atomic E-state index is 0. The molecule has 0 aliphatic carbocycles. The average Bonchev–Trinajstić information content (AvgIpc) is 0. The summed E-state index contributed by atoms with van der Waals surface area (Å²) in [6, 6.07) is 0. The van der Waals surface area contributed by atoms with Gasteiger partial charge in [-0.1, -0.05) is 0 Å².